The first kappa shape index (κ1) is 19.2. The molecule has 1 aromatic carbocycles. The van der Waals surface area contributed by atoms with Crippen LogP contribution < -0.4 is 0 Å². The molecule has 5 heteroatoms. The Morgan fingerprint density at radius 3 is 2.19 bits per heavy atom. The monoisotopic (exact) mass is 389 g/mol. The predicted octanol–water partition coefficient (Wildman–Crippen LogP) is 3.75. The largest absolute Gasteiger partial charge is 0.396 e. The Balaban J connectivity index is 1.55. The van der Waals surface area contributed by atoms with E-state index >= 15 is 0 Å². The molecule has 0 heterocycles. The molecule has 4 nitrogen and oxygen atoms in total. The maximum atomic E-state index is 13.1. The van der Waals surface area contributed by atoms with Gasteiger partial charge in [0.2, 0.25) is 10.0 Å². The van der Waals surface area contributed by atoms with E-state index < -0.39 is 10.0 Å². The van der Waals surface area contributed by atoms with Crippen LogP contribution in [0.2, 0.25) is 0 Å². The first-order valence-corrected chi connectivity index (χ1v) is 11.8. The fourth-order valence-electron chi connectivity index (χ4n) is 5.68. The lowest BCUT2D eigenvalue weighted by Crippen LogP contribution is -2.41. The van der Waals surface area contributed by atoms with Crippen LogP contribution in [0.4, 0.5) is 0 Å². The minimum Gasteiger partial charge on any atom is -0.396 e. The average molecular weight is 390 g/mol. The number of hydrogen-bond donors (Lipinski definition) is 1. The van der Waals surface area contributed by atoms with Gasteiger partial charge in [0, 0.05) is 19.7 Å². The van der Waals surface area contributed by atoms with Gasteiger partial charge < -0.3 is 5.11 Å². The standard InChI is InChI=1S/C22H31NO3S/c1-16-3-5-21(6-4-16)27(25,26)23(8-2-10-24)9-7-22-19-12-17-11-18(14-19)15-20(22)13-17/h3-7,17-20,24H,2,8-15H2,1H3. The van der Waals surface area contributed by atoms with Crippen molar-refractivity contribution < 1.29 is 13.5 Å². The molecule has 0 radical (unpaired) electrons. The highest BCUT2D eigenvalue weighted by atomic mass is 32.2. The van der Waals surface area contributed by atoms with Crippen molar-refractivity contribution >= 4 is 10.0 Å². The van der Waals surface area contributed by atoms with E-state index in [4.69, 9.17) is 0 Å². The minimum atomic E-state index is -3.54. The molecule has 0 spiro atoms. The highest BCUT2D eigenvalue weighted by Gasteiger charge is 2.44. The second-order valence-corrected chi connectivity index (χ2v) is 10.7. The summed E-state index contributed by atoms with van der Waals surface area (Å²) in [5.74, 6) is 3.18. The second kappa shape index (κ2) is 7.69. The van der Waals surface area contributed by atoms with Gasteiger partial charge in [0.1, 0.15) is 0 Å². The molecule has 0 aromatic heterocycles. The maximum absolute atomic E-state index is 13.1. The molecule has 0 atom stereocenters. The SMILES string of the molecule is Cc1ccc(S(=O)(=O)N(CC=C2C3CC4CC(C3)CC2C4)CCCO)cc1. The molecule has 1 aromatic rings. The van der Waals surface area contributed by atoms with Crippen LogP contribution in [0.25, 0.3) is 0 Å². The minimum absolute atomic E-state index is 0.00506. The van der Waals surface area contributed by atoms with Crippen LogP contribution in [0.15, 0.2) is 40.8 Å². The van der Waals surface area contributed by atoms with Gasteiger partial charge in [-0.2, -0.15) is 4.31 Å². The van der Waals surface area contributed by atoms with E-state index in [9.17, 15) is 13.5 Å². The first-order valence-electron chi connectivity index (χ1n) is 10.3. The Hall–Kier alpha value is -1.17. The quantitative estimate of drug-likeness (QED) is 0.723. The number of aliphatic hydroxyl groups excluding tert-OH is 1. The van der Waals surface area contributed by atoms with Gasteiger partial charge in [-0.1, -0.05) is 29.3 Å². The summed E-state index contributed by atoms with van der Waals surface area (Å²) >= 11 is 0. The molecule has 4 bridgehead atoms. The molecule has 27 heavy (non-hydrogen) atoms. The number of aryl methyl sites for hydroxylation is 1. The van der Waals surface area contributed by atoms with Crippen molar-refractivity contribution in [3.63, 3.8) is 0 Å². The second-order valence-electron chi connectivity index (χ2n) is 8.76. The van der Waals surface area contributed by atoms with Crippen molar-refractivity contribution in [3.8, 4) is 0 Å². The van der Waals surface area contributed by atoms with Crippen LogP contribution in [0.5, 0.6) is 0 Å². The molecule has 0 aliphatic heterocycles. The molecular formula is C22H31NO3S. The topological polar surface area (TPSA) is 57.6 Å². The summed E-state index contributed by atoms with van der Waals surface area (Å²) in [4.78, 5) is 0.342. The van der Waals surface area contributed by atoms with Crippen LogP contribution in [-0.2, 0) is 10.0 Å². The fraction of sp³-hybridized carbons (Fsp3) is 0.636. The summed E-state index contributed by atoms with van der Waals surface area (Å²) in [6, 6.07) is 7.06. The van der Waals surface area contributed by atoms with Crippen molar-refractivity contribution in [3.05, 3.63) is 41.5 Å². The Morgan fingerprint density at radius 2 is 1.63 bits per heavy atom. The van der Waals surface area contributed by atoms with Crippen LogP contribution in [0.1, 0.15) is 44.1 Å². The molecule has 4 aliphatic rings. The fourth-order valence-corrected chi connectivity index (χ4v) is 7.10. The number of sulfonamides is 1. The van der Waals surface area contributed by atoms with E-state index in [0.29, 0.717) is 36.2 Å². The summed E-state index contributed by atoms with van der Waals surface area (Å²) in [6.45, 7) is 2.74. The molecule has 4 saturated carbocycles. The van der Waals surface area contributed by atoms with Gasteiger partial charge in [0.05, 0.1) is 4.90 Å². The zero-order valence-corrected chi connectivity index (χ0v) is 17.0. The number of nitrogens with zero attached hydrogens (tertiary/aromatic N) is 1. The number of aliphatic hydroxyl groups is 1. The number of allylic oxidation sites excluding steroid dienone is 1. The number of hydrogen-bond acceptors (Lipinski definition) is 3. The van der Waals surface area contributed by atoms with Crippen LogP contribution in [0.3, 0.4) is 0 Å². The molecule has 0 saturated heterocycles. The third-order valence-corrected chi connectivity index (χ3v) is 8.72. The lowest BCUT2D eigenvalue weighted by Gasteiger charge is -2.51. The molecule has 4 aliphatic carbocycles. The van der Waals surface area contributed by atoms with Crippen LogP contribution in [-0.4, -0.2) is 37.5 Å². The Morgan fingerprint density at radius 1 is 1.04 bits per heavy atom. The first-order chi connectivity index (χ1) is 13.0. The summed E-state index contributed by atoms with van der Waals surface area (Å²) in [7, 11) is -3.54. The molecule has 0 unspecified atom stereocenters. The van der Waals surface area contributed by atoms with Crippen molar-refractivity contribution in [1.82, 2.24) is 4.31 Å². The smallest absolute Gasteiger partial charge is 0.243 e. The number of benzene rings is 1. The van der Waals surface area contributed by atoms with E-state index in [0.717, 1.165) is 17.4 Å². The lowest BCUT2D eigenvalue weighted by atomic mass is 9.54. The summed E-state index contributed by atoms with van der Waals surface area (Å²) < 4.78 is 27.8. The van der Waals surface area contributed by atoms with Gasteiger partial charge in [-0.05, 0) is 81.3 Å². The Bertz CT molecular complexity index is 767. The maximum Gasteiger partial charge on any atom is 0.243 e. The predicted molar refractivity (Wildman–Crippen MR) is 107 cm³/mol. The third-order valence-electron chi connectivity index (χ3n) is 6.84. The molecular weight excluding hydrogens is 358 g/mol. The van der Waals surface area contributed by atoms with E-state index in [1.807, 2.05) is 19.1 Å². The normalized spacial score (nSPS) is 29.5. The summed E-state index contributed by atoms with van der Waals surface area (Å²) in [6.07, 6.45) is 9.33. The van der Waals surface area contributed by atoms with Crippen LogP contribution >= 0.6 is 0 Å². The van der Waals surface area contributed by atoms with E-state index in [1.54, 1.807) is 16.4 Å². The molecule has 5 rings (SSSR count). The van der Waals surface area contributed by atoms with Gasteiger partial charge in [0.15, 0.2) is 0 Å². The van der Waals surface area contributed by atoms with E-state index in [1.165, 1.54) is 37.7 Å². The van der Waals surface area contributed by atoms with Crippen molar-refractivity contribution in [2.75, 3.05) is 19.7 Å². The average Bonchev–Trinajstić information content (AvgIpc) is 2.63. The number of rotatable bonds is 7. The molecule has 1 N–H and O–H groups in total. The van der Waals surface area contributed by atoms with Gasteiger partial charge in [-0.3, -0.25) is 0 Å². The summed E-state index contributed by atoms with van der Waals surface area (Å²) in [5.41, 5.74) is 2.57. The van der Waals surface area contributed by atoms with Crippen molar-refractivity contribution in [2.24, 2.45) is 23.7 Å². The van der Waals surface area contributed by atoms with Gasteiger partial charge in [-0.25, -0.2) is 8.42 Å². The molecule has 4 fully saturated rings. The lowest BCUT2D eigenvalue weighted by molar-refractivity contribution is 0.0691. The zero-order valence-electron chi connectivity index (χ0n) is 16.2. The van der Waals surface area contributed by atoms with Gasteiger partial charge in [0.25, 0.3) is 0 Å². The van der Waals surface area contributed by atoms with E-state index in [2.05, 4.69) is 6.08 Å². The third kappa shape index (κ3) is 3.87. The highest BCUT2D eigenvalue weighted by Crippen LogP contribution is 2.56. The Labute approximate surface area is 163 Å². The van der Waals surface area contributed by atoms with Crippen LogP contribution in [0, 0.1) is 30.6 Å². The molecule has 148 valence electrons. The Kier molecular flexibility index (Phi) is 5.45. The zero-order chi connectivity index (χ0) is 19.0. The highest BCUT2D eigenvalue weighted by molar-refractivity contribution is 7.89. The molecule has 0 amide bonds. The van der Waals surface area contributed by atoms with Crippen molar-refractivity contribution in [2.45, 2.75) is 50.3 Å². The van der Waals surface area contributed by atoms with Gasteiger partial charge in [-0.15, -0.1) is 0 Å². The van der Waals surface area contributed by atoms with E-state index in [-0.39, 0.29) is 6.61 Å². The summed E-state index contributed by atoms with van der Waals surface area (Å²) in [5, 5.41) is 9.23. The van der Waals surface area contributed by atoms with Gasteiger partial charge >= 0.3 is 0 Å². The van der Waals surface area contributed by atoms with Crippen molar-refractivity contribution in [1.29, 1.82) is 0 Å².